The molecule has 0 spiro atoms. The zero-order valence-electron chi connectivity index (χ0n) is 76.1. The SMILES string of the molecule is CC(C)(C)c1ccc(N(c2cccc(Cl)c2)c2cc(N(c3ccc4c(c3)C(C)(C)CCC4(C)C)c3ccc(C(C)(C)C)cc3-c3ccccc3)cc(C(C)(C)C)c2)cc1.CC(C)(C)c1ccc(N2c3cc(Cl)ccc3B3c4cc5c(cc4N(c4ccc(C(C)(C)C)cc4-c4ccccc4)c4cc(C(C)(C)C)cc2c43)C(C)(C)CCC5(C)C)cc1. The summed E-state index contributed by atoms with van der Waals surface area (Å²) >= 11 is 13.8. The second-order valence-electron chi connectivity index (χ2n) is 43.6. The van der Waals surface area contributed by atoms with Gasteiger partial charge >= 0.3 is 0 Å². The molecule has 0 fully saturated rings. The number of nitrogens with zero attached hydrogens (tertiary/aromatic N) is 4. The van der Waals surface area contributed by atoms with Gasteiger partial charge in [-0.1, -0.05) is 325 Å². The average Bonchev–Trinajstić information content (AvgIpc) is 0.685. The highest BCUT2D eigenvalue weighted by Crippen LogP contribution is 2.56. The summed E-state index contributed by atoms with van der Waals surface area (Å²) in [6.45, 7) is 61.1. The van der Waals surface area contributed by atoms with E-state index in [2.05, 4.69) is 436 Å². The lowest BCUT2D eigenvalue weighted by Crippen LogP contribution is -2.62. The van der Waals surface area contributed by atoms with Crippen molar-refractivity contribution in [1.82, 2.24) is 0 Å². The fourth-order valence-corrected chi connectivity index (χ4v) is 19.2. The quantitative estimate of drug-likeness (QED) is 0.127. The molecule has 0 amide bonds. The van der Waals surface area contributed by atoms with Gasteiger partial charge in [0.1, 0.15) is 0 Å². The molecule has 0 bridgehead atoms. The van der Waals surface area contributed by atoms with Crippen LogP contribution in [-0.2, 0) is 54.1 Å². The van der Waals surface area contributed by atoms with Gasteiger partial charge in [0.25, 0.3) is 6.71 Å². The van der Waals surface area contributed by atoms with Gasteiger partial charge in [0.15, 0.2) is 0 Å². The van der Waals surface area contributed by atoms with Crippen molar-refractivity contribution >= 4 is 115 Å². The topological polar surface area (TPSA) is 13.0 Å². The third-order valence-electron chi connectivity index (χ3n) is 26.7. The maximum Gasteiger partial charge on any atom is 0.252 e. The van der Waals surface area contributed by atoms with Crippen LogP contribution in [0.5, 0.6) is 0 Å². The summed E-state index contributed by atoms with van der Waals surface area (Å²) in [5.74, 6) is 0. The Bertz CT molecular complexity index is 5840. The van der Waals surface area contributed by atoms with Crippen LogP contribution in [0.15, 0.2) is 249 Å². The minimum Gasteiger partial charge on any atom is -0.311 e. The summed E-state index contributed by atoms with van der Waals surface area (Å²) in [5, 5.41) is 1.46. The van der Waals surface area contributed by atoms with Crippen molar-refractivity contribution in [3.63, 3.8) is 0 Å². The minimum atomic E-state index is -0.146. The Morgan fingerprint density at radius 1 is 0.277 bits per heavy atom. The minimum absolute atomic E-state index is 0.00722. The van der Waals surface area contributed by atoms with E-state index in [0.717, 1.165) is 69.8 Å². The molecule has 612 valence electrons. The number of halogens is 2. The molecule has 0 N–H and O–H groups in total. The van der Waals surface area contributed by atoms with Crippen LogP contribution < -0.4 is 36.0 Å². The van der Waals surface area contributed by atoms with E-state index < -0.39 is 0 Å². The first kappa shape index (κ1) is 84.5. The molecule has 4 nitrogen and oxygen atoms in total. The first-order valence-electron chi connectivity index (χ1n) is 43.6. The van der Waals surface area contributed by atoms with E-state index in [1.807, 2.05) is 12.1 Å². The molecular formula is C112H127BCl2N4. The van der Waals surface area contributed by atoms with Crippen LogP contribution in [0.3, 0.4) is 0 Å². The van der Waals surface area contributed by atoms with Crippen LogP contribution in [0.1, 0.15) is 261 Å². The predicted octanol–water partition coefficient (Wildman–Crippen LogP) is 31.5. The second-order valence-corrected chi connectivity index (χ2v) is 44.5. The average molecular weight is 1610 g/mol. The van der Waals surface area contributed by atoms with Crippen molar-refractivity contribution in [2.75, 3.05) is 19.6 Å². The van der Waals surface area contributed by atoms with Gasteiger partial charge in [-0.3, -0.25) is 0 Å². The van der Waals surface area contributed by atoms with E-state index >= 15 is 0 Å². The second kappa shape index (κ2) is 30.3. The molecule has 0 unspecified atom stereocenters. The van der Waals surface area contributed by atoms with E-state index in [4.69, 9.17) is 23.2 Å². The highest BCUT2D eigenvalue weighted by atomic mass is 35.5. The molecule has 0 saturated carbocycles. The Kier molecular flexibility index (Phi) is 21.5. The van der Waals surface area contributed by atoms with E-state index in [1.54, 1.807) is 0 Å². The van der Waals surface area contributed by atoms with Crippen molar-refractivity contribution in [2.24, 2.45) is 0 Å². The first-order valence-corrected chi connectivity index (χ1v) is 44.4. The number of hydrogen-bond donors (Lipinski definition) is 0. The Hall–Kier alpha value is -9.52. The van der Waals surface area contributed by atoms with Gasteiger partial charge in [-0.05, 0) is 290 Å². The maximum absolute atomic E-state index is 7.03. The summed E-state index contributed by atoms with van der Waals surface area (Å²) in [7, 11) is 0. The molecule has 119 heavy (non-hydrogen) atoms. The standard InChI is InChI=1S/C56H62BClN2.C56H65ClN2/c1-52(2,3)36-19-23-40(24-20-36)59-47-32-39(58)22-25-44(47)57-45-33-42-43(56(12,13)28-27-55(42,10)11)34-48(45)60(50-31-38(54(7,8)9)30-49(59)51(50)57)46-26-21-37(53(4,5)6)29-41(46)35-17-15-14-16-18-35;1-52(2,3)39-22-25-43(26-23-39)58(44-21-17-20-42(57)35-44)46-32-41(54(7,8)9)33-47(36-46)59(45-27-28-49-50(37-45)56(12,13)31-30-55(49,10)11)51-29-24-40(53(4,5)6)34-48(51)38-18-15-14-16-19-38/h14-26,29-34H,27-28H2,1-13H3;14-29,32-37H,30-31H2,1-13H3. The number of hydrogen-bond acceptors (Lipinski definition) is 4. The first-order chi connectivity index (χ1) is 55.6. The van der Waals surface area contributed by atoms with Gasteiger partial charge in [-0.25, -0.2) is 0 Å². The molecule has 12 aromatic carbocycles. The zero-order chi connectivity index (χ0) is 85.6. The maximum atomic E-state index is 7.03. The fraction of sp³-hybridized carbons (Fsp3) is 0.357. The van der Waals surface area contributed by atoms with Crippen LogP contribution in [0.2, 0.25) is 10.0 Å². The molecule has 2 aliphatic carbocycles. The number of anilines is 12. The molecule has 7 heteroatoms. The summed E-state index contributed by atoms with van der Waals surface area (Å²) in [6, 6.07) is 94.2. The van der Waals surface area contributed by atoms with E-state index in [1.165, 1.54) is 123 Å². The highest BCUT2D eigenvalue weighted by molar-refractivity contribution is 7.00. The van der Waals surface area contributed by atoms with Gasteiger partial charge in [0.05, 0.1) is 11.4 Å². The Morgan fingerprint density at radius 3 is 1.24 bits per heavy atom. The molecule has 0 radical (unpaired) electrons. The van der Waals surface area contributed by atoms with Crippen LogP contribution >= 0.6 is 23.2 Å². The summed E-state index contributed by atoms with van der Waals surface area (Å²) in [5.41, 5.74) is 36.4. The van der Waals surface area contributed by atoms with Crippen LogP contribution in [0.25, 0.3) is 22.3 Å². The van der Waals surface area contributed by atoms with Crippen molar-refractivity contribution in [3.05, 3.63) is 314 Å². The molecule has 0 atom stereocenters. The molecule has 4 aliphatic rings. The summed E-state index contributed by atoms with van der Waals surface area (Å²) < 4.78 is 0. The fourth-order valence-electron chi connectivity index (χ4n) is 18.8. The molecular weight excluding hydrogens is 1480 g/mol. The number of rotatable bonds is 10. The number of fused-ring (bicyclic) bond motifs is 6. The largest absolute Gasteiger partial charge is 0.311 e. The molecule has 0 saturated heterocycles. The van der Waals surface area contributed by atoms with Crippen molar-refractivity contribution in [2.45, 2.75) is 260 Å². The predicted molar refractivity (Wildman–Crippen MR) is 520 cm³/mol. The van der Waals surface area contributed by atoms with Gasteiger partial charge in [0.2, 0.25) is 0 Å². The Balaban J connectivity index is 0.000000186. The Labute approximate surface area is 725 Å². The van der Waals surface area contributed by atoms with Crippen LogP contribution in [0.4, 0.5) is 68.2 Å². The normalized spacial score (nSPS) is 15.8. The van der Waals surface area contributed by atoms with E-state index in [9.17, 15) is 0 Å². The molecule has 16 rings (SSSR count). The summed E-state index contributed by atoms with van der Waals surface area (Å²) in [4.78, 5) is 10.1. The zero-order valence-corrected chi connectivity index (χ0v) is 77.6. The highest BCUT2D eigenvalue weighted by Gasteiger charge is 2.48. The van der Waals surface area contributed by atoms with Crippen molar-refractivity contribution < 1.29 is 0 Å². The lowest BCUT2D eigenvalue weighted by Gasteiger charge is -2.48. The van der Waals surface area contributed by atoms with Gasteiger partial charge in [-0.15, -0.1) is 0 Å². The van der Waals surface area contributed by atoms with Crippen LogP contribution in [-0.4, -0.2) is 6.71 Å². The Morgan fingerprint density at radius 2 is 0.706 bits per heavy atom. The van der Waals surface area contributed by atoms with Gasteiger partial charge < -0.3 is 19.6 Å². The van der Waals surface area contributed by atoms with Crippen LogP contribution in [0, 0.1) is 0 Å². The lowest BCUT2D eigenvalue weighted by atomic mass is 9.33. The number of benzene rings is 12. The van der Waals surface area contributed by atoms with Crippen molar-refractivity contribution in [3.8, 4) is 22.3 Å². The van der Waals surface area contributed by atoms with Crippen molar-refractivity contribution in [1.29, 1.82) is 0 Å². The molecule has 2 aliphatic heterocycles. The van der Waals surface area contributed by atoms with Gasteiger partial charge in [0, 0.05) is 78.0 Å². The monoisotopic (exact) mass is 1610 g/mol. The van der Waals surface area contributed by atoms with E-state index in [-0.39, 0.29) is 60.9 Å². The molecule has 2 heterocycles. The molecule has 0 aromatic heterocycles. The summed E-state index contributed by atoms with van der Waals surface area (Å²) in [6.07, 6.45) is 4.64. The van der Waals surface area contributed by atoms with E-state index in [0.29, 0.717) is 5.02 Å². The van der Waals surface area contributed by atoms with Gasteiger partial charge in [-0.2, -0.15) is 0 Å². The molecule has 12 aromatic rings. The third kappa shape index (κ3) is 16.3. The third-order valence-corrected chi connectivity index (χ3v) is 27.1. The lowest BCUT2D eigenvalue weighted by molar-refractivity contribution is 0.332. The smallest absolute Gasteiger partial charge is 0.252 e.